The molecule has 0 amide bonds. The van der Waals surface area contributed by atoms with Gasteiger partial charge in [0, 0.05) is 18.2 Å². The van der Waals surface area contributed by atoms with Gasteiger partial charge in [0.25, 0.3) is 0 Å². The molecule has 0 aromatic heterocycles. The summed E-state index contributed by atoms with van der Waals surface area (Å²) in [6.07, 6.45) is 1.08. The molecule has 0 bridgehead atoms. The van der Waals surface area contributed by atoms with Gasteiger partial charge in [-0.05, 0) is 6.42 Å². The van der Waals surface area contributed by atoms with E-state index in [-0.39, 0.29) is 5.78 Å². The van der Waals surface area contributed by atoms with Gasteiger partial charge in [-0.1, -0.05) is 6.92 Å². The first-order chi connectivity index (χ1) is 9.15. The van der Waals surface area contributed by atoms with Crippen LogP contribution in [-0.2, 0) is 0 Å². The van der Waals surface area contributed by atoms with E-state index in [1.165, 1.54) is 14.2 Å². The first-order valence-corrected chi connectivity index (χ1v) is 6.08. The first-order valence-electron chi connectivity index (χ1n) is 6.08. The molecule has 19 heavy (non-hydrogen) atoms. The maximum absolute atomic E-state index is 12.2. The number of benzene rings is 1. The lowest BCUT2D eigenvalue weighted by molar-refractivity contribution is 0.0995. The highest BCUT2D eigenvalue weighted by Gasteiger charge is 2.28. The Morgan fingerprint density at radius 3 is 2.37 bits per heavy atom. The molecule has 0 unspecified atom stereocenters. The van der Waals surface area contributed by atoms with Crippen molar-refractivity contribution < 1.29 is 19.0 Å². The second-order valence-corrected chi connectivity index (χ2v) is 4.17. The third kappa shape index (κ3) is 2.16. The molecule has 0 saturated heterocycles. The first kappa shape index (κ1) is 13.4. The lowest BCUT2D eigenvalue weighted by atomic mass is 9.97. The Labute approximate surface area is 112 Å². The predicted octanol–water partition coefficient (Wildman–Crippen LogP) is 2.78. The molecule has 2 rings (SSSR count). The monoisotopic (exact) mass is 263 g/mol. The molecule has 1 aliphatic heterocycles. The van der Waals surface area contributed by atoms with Crippen molar-refractivity contribution in [1.29, 1.82) is 0 Å². The third-order valence-electron chi connectivity index (χ3n) is 3.14. The minimum Gasteiger partial charge on any atom is -0.493 e. The molecule has 0 aliphatic carbocycles. The molecule has 1 heterocycles. The fourth-order valence-electron chi connectivity index (χ4n) is 2.19. The molecule has 0 spiro atoms. The molecule has 102 valence electrons. The fraction of sp³-hybridized carbons (Fsp3) is 0.429. The van der Waals surface area contributed by atoms with Gasteiger partial charge in [-0.3, -0.25) is 9.79 Å². The van der Waals surface area contributed by atoms with Gasteiger partial charge in [-0.25, -0.2) is 0 Å². The summed E-state index contributed by atoms with van der Waals surface area (Å²) in [6.45, 7) is 1.98. The van der Waals surface area contributed by atoms with Gasteiger partial charge in [0.05, 0.1) is 32.6 Å². The van der Waals surface area contributed by atoms with Crippen LogP contribution in [0.2, 0.25) is 0 Å². The van der Waals surface area contributed by atoms with Crippen molar-refractivity contribution in [2.75, 3.05) is 21.3 Å². The van der Waals surface area contributed by atoms with Gasteiger partial charge in [0.1, 0.15) is 0 Å². The number of ether oxygens (including phenoxy) is 3. The van der Waals surface area contributed by atoms with Gasteiger partial charge in [0.2, 0.25) is 5.75 Å². The number of carbonyl (C=O) groups is 1. The van der Waals surface area contributed by atoms with Crippen LogP contribution >= 0.6 is 0 Å². The summed E-state index contributed by atoms with van der Waals surface area (Å²) >= 11 is 0. The van der Waals surface area contributed by atoms with Crippen molar-refractivity contribution in [3.63, 3.8) is 0 Å². The van der Waals surface area contributed by atoms with Crippen molar-refractivity contribution in [3.05, 3.63) is 11.6 Å². The number of Topliss-reactive ketones (excluding diaryl/α,β-unsaturated/α-hetero) is 1. The molecule has 1 aromatic carbocycles. The van der Waals surface area contributed by atoms with Crippen LogP contribution < -0.4 is 14.2 Å². The molecule has 5 heteroatoms. The lowest BCUT2D eigenvalue weighted by Crippen LogP contribution is -2.14. The van der Waals surface area contributed by atoms with Gasteiger partial charge >= 0.3 is 0 Å². The Balaban J connectivity index is 2.73. The van der Waals surface area contributed by atoms with Crippen molar-refractivity contribution in [1.82, 2.24) is 0 Å². The number of rotatable bonds is 4. The van der Waals surface area contributed by atoms with Gasteiger partial charge in [0.15, 0.2) is 17.3 Å². The van der Waals surface area contributed by atoms with E-state index >= 15 is 0 Å². The molecule has 5 nitrogen and oxygen atoms in total. The zero-order valence-electron chi connectivity index (χ0n) is 11.6. The van der Waals surface area contributed by atoms with E-state index in [4.69, 9.17) is 14.2 Å². The number of carbonyl (C=O) groups excluding carboxylic acids is 1. The van der Waals surface area contributed by atoms with E-state index in [2.05, 4.69) is 4.99 Å². The van der Waals surface area contributed by atoms with E-state index in [1.807, 2.05) is 6.92 Å². The number of hydrogen-bond donors (Lipinski definition) is 0. The van der Waals surface area contributed by atoms with E-state index in [1.54, 1.807) is 13.2 Å². The maximum atomic E-state index is 12.2. The molecule has 1 aromatic rings. The zero-order chi connectivity index (χ0) is 14.0. The topological polar surface area (TPSA) is 57.1 Å². The number of hydrogen-bond acceptors (Lipinski definition) is 5. The second kappa shape index (κ2) is 5.30. The van der Waals surface area contributed by atoms with E-state index in [0.717, 1.165) is 12.1 Å². The summed E-state index contributed by atoms with van der Waals surface area (Å²) in [5.41, 5.74) is 1.92. The third-order valence-corrected chi connectivity index (χ3v) is 3.14. The van der Waals surface area contributed by atoms with Gasteiger partial charge in [-0.2, -0.15) is 0 Å². The predicted molar refractivity (Wildman–Crippen MR) is 72.4 cm³/mol. The van der Waals surface area contributed by atoms with Crippen molar-refractivity contribution >= 4 is 17.2 Å². The Morgan fingerprint density at radius 2 is 1.84 bits per heavy atom. The normalized spacial score (nSPS) is 13.7. The van der Waals surface area contributed by atoms with E-state index < -0.39 is 0 Å². The average Bonchev–Trinajstić information content (AvgIpc) is 2.44. The largest absolute Gasteiger partial charge is 0.493 e. The average molecular weight is 263 g/mol. The second-order valence-electron chi connectivity index (χ2n) is 4.17. The maximum Gasteiger partial charge on any atom is 0.204 e. The van der Waals surface area contributed by atoms with Crippen molar-refractivity contribution in [2.45, 2.75) is 19.8 Å². The quantitative estimate of drug-likeness (QED) is 0.838. The van der Waals surface area contributed by atoms with Crippen LogP contribution in [0, 0.1) is 0 Å². The molecule has 0 fully saturated rings. The minimum atomic E-state index is -0.000321. The van der Waals surface area contributed by atoms with Crippen LogP contribution in [0.4, 0.5) is 5.69 Å². The number of fused-ring (bicyclic) bond motifs is 1. The van der Waals surface area contributed by atoms with Crippen molar-refractivity contribution in [3.8, 4) is 17.2 Å². The van der Waals surface area contributed by atoms with E-state index in [9.17, 15) is 4.79 Å². The van der Waals surface area contributed by atoms with Crippen LogP contribution in [0.25, 0.3) is 0 Å². The summed E-state index contributed by atoms with van der Waals surface area (Å²) in [7, 11) is 4.56. The number of aliphatic imine (C=N–C) groups is 1. The number of ketones is 1. The summed E-state index contributed by atoms with van der Waals surface area (Å²) in [6, 6.07) is 1.71. The smallest absolute Gasteiger partial charge is 0.204 e. The minimum absolute atomic E-state index is 0.000321. The molecule has 0 radical (unpaired) electrons. The Morgan fingerprint density at radius 1 is 1.16 bits per heavy atom. The Hall–Kier alpha value is -2.04. The van der Waals surface area contributed by atoms with Crippen LogP contribution in [-0.4, -0.2) is 32.8 Å². The van der Waals surface area contributed by atoms with Crippen LogP contribution in [0.1, 0.15) is 30.1 Å². The highest BCUT2D eigenvalue weighted by molar-refractivity contribution is 6.17. The summed E-state index contributed by atoms with van der Waals surface area (Å²) in [5.74, 6) is 1.32. The Kier molecular flexibility index (Phi) is 3.74. The summed E-state index contributed by atoms with van der Waals surface area (Å²) < 4.78 is 15.9. The molecule has 0 saturated carbocycles. The summed E-state index contributed by atoms with van der Waals surface area (Å²) in [4.78, 5) is 16.7. The van der Waals surface area contributed by atoms with Gasteiger partial charge < -0.3 is 14.2 Å². The Bertz CT molecular complexity index is 549. The fourth-order valence-corrected chi connectivity index (χ4v) is 2.19. The van der Waals surface area contributed by atoms with Crippen LogP contribution in [0.3, 0.4) is 0 Å². The number of nitrogens with zero attached hydrogens (tertiary/aromatic N) is 1. The molecular formula is C14H17NO4. The van der Waals surface area contributed by atoms with Crippen molar-refractivity contribution in [2.24, 2.45) is 4.99 Å². The molecule has 0 atom stereocenters. The number of methoxy groups -OCH3 is 3. The molecule has 0 N–H and O–H groups in total. The molecule has 1 aliphatic rings. The van der Waals surface area contributed by atoms with Crippen LogP contribution in [0.5, 0.6) is 17.2 Å². The van der Waals surface area contributed by atoms with E-state index in [0.29, 0.717) is 34.9 Å². The lowest BCUT2D eigenvalue weighted by Gasteiger charge is -2.20. The summed E-state index contributed by atoms with van der Waals surface area (Å²) in [5, 5.41) is 0. The standard InChI is InChI=1S/C14H17NO4/c1-5-8-6-10(16)12-9(15-8)7-11(17-2)13(18-3)14(12)19-4/h7H,5-6H2,1-4H3. The highest BCUT2D eigenvalue weighted by Crippen LogP contribution is 2.46. The SMILES string of the molecule is CCC1=Nc2cc(OC)c(OC)c(OC)c2C(=O)C1. The van der Waals surface area contributed by atoms with Crippen LogP contribution in [0.15, 0.2) is 11.1 Å². The highest BCUT2D eigenvalue weighted by atomic mass is 16.5. The van der Waals surface area contributed by atoms with Gasteiger partial charge in [-0.15, -0.1) is 0 Å². The molecular weight excluding hydrogens is 246 g/mol. The zero-order valence-corrected chi connectivity index (χ0v) is 11.6.